The molecule has 6 nitrogen and oxygen atoms in total. The number of alkyl halides is 2. The molecule has 1 aromatic heterocycles. The van der Waals surface area contributed by atoms with Crippen LogP contribution in [0.2, 0.25) is 0 Å². The number of hydrogen-bond acceptors (Lipinski definition) is 5. The van der Waals surface area contributed by atoms with Gasteiger partial charge in [-0.3, -0.25) is 9.36 Å². The van der Waals surface area contributed by atoms with E-state index in [1.165, 1.54) is 18.2 Å². The number of rotatable bonds is 5. The second-order valence-corrected chi connectivity index (χ2v) is 8.16. The lowest BCUT2D eigenvalue weighted by Crippen LogP contribution is -2.27. The molecule has 3 aromatic rings. The van der Waals surface area contributed by atoms with Crippen molar-refractivity contribution >= 4 is 20.7 Å². The maximum absolute atomic E-state index is 13.9. The number of nitrogens with two attached hydrogens (primary N) is 1. The zero-order valence-corrected chi connectivity index (χ0v) is 15.5. The first-order valence-corrected chi connectivity index (χ1v) is 10.1. The van der Waals surface area contributed by atoms with Crippen LogP contribution in [0.1, 0.15) is 17.8 Å². The monoisotopic (exact) mass is 411 g/mol. The summed E-state index contributed by atoms with van der Waals surface area (Å²) in [5, 5.41) is -0.200. The van der Waals surface area contributed by atoms with Crippen LogP contribution in [0.3, 0.4) is 0 Å². The quantitative estimate of drug-likeness (QED) is 0.696. The minimum Gasteiger partial charge on any atom is -0.330 e. The van der Waals surface area contributed by atoms with Crippen LogP contribution in [-0.2, 0) is 16.3 Å². The maximum Gasteiger partial charge on any atom is 0.267 e. The standard InChI is InChI=1S/C18H16F3N3O3S/c1-28(26,27)14-4-2-3-13-16(14)18(25)24(15(23-13)5-6-22)12-8-10(17(20)21)7-11(19)9-12/h2-4,7-9,17H,5-6,22H2,1H3. The molecule has 3 rings (SSSR count). The summed E-state index contributed by atoms with van der Waals surface area (Å²) in [4.78, 5) is 17.2. The lowest BCUT2D eigenvalue weighted by molar-refractivity contribution is 0.151. The molecule has 0 fully saturated rings. The van der Waals surface area contributed by atoms with Gasteiger partial charge in [0.2, 0.25) is 0 Å². The van der Waals surface area contributed by atoms with E-state index < -0.39 is 33.2 Å². The van der Waals surface area contributed by atoms with Crippen LogP contribution in [0.25, 0.3) is 16.6 Å². The summed E-state index contributed by atoms with van der Waals surface area (Å²) in [5.74, 6) is -0.855. The topological polar surface area (TPSA) is 95.0 Å². The zero-order valence-electron chi connectivity index (χ0n) is 14.7. The first-order valence-electron chi connectivity index (χ1n) is 8.17. The highest BCUT2D eigenvalue weighted by molar-refractivity contribution is 7.91. The van der Waals surface area contributed by atoms with E-state index >= 15 is 0 Å². The Hall–Kier alpha value is -2.72. The molecular formula is C18H16F3N3O3S. The van der Waals surface area contributed by atoms with Crippen molar-refractivity contribution in [2.45, 2.75) is 17.7 Å². The normalized spacial score (nSPS) is 12.1. The minimum atomic E-state index is -3.78. The molecule has 0 bridgehead atoms. The molecule has 0 radical (unpaired) electrons. The van der Waals surface area contributed by atoms with E-state index in [4.69, 9.17) is 5.73 Å². The van der Waals surface area contributed by atoms with E-state index in [0.29, 0.717) is 6.07 Å². The van der Waals surface area contributed by atoms with Crippen LogP contribution in [0.4, 0.5) is 13.2 Å². The van der Waals surface area contributed by atoms with Gasteiger partial charge in [-0.2, -0.15) is 0 Å². The predicted octanol–water partition coefficient (Wildman–Crippen LogP) is 2.37. The van der Waals surface area contributed by atoms with E-state index in [0.717, 1.165) is 23.0 Å². The fraction of sp³-hybridized carbons (Fsp3) is 0.222. The van der Waals surface area contributed by atoms with Crippen molar-refractivity contribution in [1.29, 1.82) is 0 Å². The molecule has 0 unspecified atom stereocenters. The summed E-state index contributed by atoms with van der Waals surface area (Å²) in [6, 6.07) is 6.70. The Morgan fingerprint density at radius 1 is 1.21 bits per heavy atom. The third-order valence-corrected chi connectivity index (χ3v) is 5.25. The first-order chi connectivity index (χ1) is 13.1. The molecular weight excluding hydrogens is 395 g/mol. The fourth-order valence-electron chi connectivity index (χ4n) is 2.97. The number of halogens is 3. The highest BCUT2D eigenvalue weighted by Gasteiger charge is 2.21. The number of hydrogen-bond donors (Lipinski definition) is 1. The Bertz CT molecular complexity index is 1220. The smallest absolute Gasteiger partial charge is 0.267 e. The highest BCUT2D eigenvalue weighted by Crippen LogP contribution is 2.25. The summed E-state index contributed by atoms with van der Waals surface area (Å²) >= 11 is 0. The van der Waals surface area contributed by atoms with Crippen LogP contribution in [-0.4, -0.2) is 30.8 Å². The third kappa shape index (κ3) is 3.65. The number of nitrogens with zero attached hydrogens (tertiary/aromatic N) is 2. The summed E-state index contributed by atoms with van der Waals surface area (Å²) in [7, 11) is -3.78. The van der Waals surface area contributed by atoms with E-state index in [2.05, 4.69) is 4.98 Å². The molecule has 0 aliphatic heterocycles. The molecule has 0 saturated heterocycles. The molecule has 0 aliphatic carbocycles. The second kappa shape index (κ2) is 7.36. The lowest BCUT2D eigenvalue weighted by Gasteiger charge is -2.15. The molecule has 10 heteroatoms. The number of fused-ring (bicyclic) bond motifs is 1. The zero-order chi connectivity index (χ0) is 20.6. The average Bonchev–Trinajstić information content (AvgIpc) is 2.60. The SMILES string of the molecule is CS(=O)(=O)c1cccc2nc(CCN)n(-c3cc(F)cc(C(F)F)c3)c(=O)c12. The number of sulfone groups is 1. The van der Waals surface area contributed by atoms with Crippen LogP contribution >= 0.6 is 0 Å². The summed E-state index contributed by atoms with van der Waals surface area (Å²) in [5.41, 5.74) is 4.09. The summed E-state index contributed by atoms with van der Waals surface area (Å²) in [6.45, 7) is 0.0841. The molecule has 0 atom stereocenters. The molecule has 0 amide bonds. The van der Waals surface area contributed by atoms with Gasteiger partial charge < -0.3 is 5.73 Å². The van der Waals surface area contributed by atoms with Crippen molar-refractivity contribution < 1.29 is 21.6 Å². The van der Waals surface area contributed by atoms with Crippen LogP contribution in [0, 0.1) is 5.82 Å². The Morgan fingerprint density at radius 3 is 2.54 bits per heavy atom. The number of benzene rings is 2. The average molecular weight is 411 g/mol. The fourth-order valence-corrected chi connectivity index (χ4v) is 3.86. The Morgan fingerprint density at radius 2 is 1.93 bits per heavy atom. The maximum atomic E-state index is 13.9. The summed E-state index contributed by atoms with van der Waals surface area (Å²) in [6.07, 6.45) is -1.92. The van der Waals surface area contributed by atoms with Crippen molar-refractivity contribution in [3.05, 3.63) is 64.0 Å². The molecule has 1 heterocycles. The molecule has 0 saturated carbocycles. The van der Waals surface area contributed by atoms with E-state index in [-0.39, 0.29) is 40.3 Å². The molecule has 0 aliphatic rings. The van der Waals surface area contributed by atoms with Crippen molar-refractivity contribution in [2.24, 2.45) is 5.73 Å². The van der Waals surface area contributed by atoms with Crippen molar-refractivity contribution in [3.63, 3.8) is 0 Å². The highest BCUT2D eigenvalue weighted by atomic mass is 32.2. The van der Waals surface area contributed by atoms with Gasteiger partial charge in [0.25, 0.3) is 12.0 Å². The Kier molecular flexibility index (Phi) is 5.26. The first kappa shape index (κ1) is 20.0. The van der Waals surface area contributed by atoms with Gasteiger partial charge in [0.1, 0.15) is 11.6 Å². The van der Waals surface area contributed by atoms with Crippen LogP contribution in [0.5, 0.6) is 0 Å². The largest absolute Gasteiger partial charge is 0.330 e. The molecule has 2 N–H and O–H groups in total. The van der Waals surface area contributed by atoms with Gasteiger partial charge in [-0.05, 0) is 36.9 Å². The Balaban J connectivity index is 2.47. The van der Waals surface area contributed by atoms with Gasteiger partial charge in [0.05, 0.1) is 21.5 Å². The lowest BCUT2D eigenvalue weighted by atomic mass is 10.1. The van der Waals surface area contributed by atoms with Crippen LogP contribution in [0.15, 0.2) is 46.1 Å². The van der Waals surface area contributed by atoms with Gasteiger partial charge in [-0.25, -0.2) is 26.6 Å². The molecule has 28 heavy (non-hydrogen) atoms. The van der Waals surface area contributed by atoms with Crippen molar-refractivity contribution in [1.82, 2.24) is 9.55 Å². The molecule has 2 aromatic carbocycles. The van der Waals surface area contributed by atoms with Gasteiger partial charge in [0, 0.05) is 18.2 Å². The molecule has 0 spiro atoms. The second-order valence-electron chi connectivity index (χ2n) is 6.17. The Labute approximate surface area is 158 Å². The van der Waals surface area contributed by atoms with Gasteiger partial charge in [-0.1, -0.05) is 6.07 Å². The predicted molar refractivity (Wildman–Crippen MR) is 98.1 cm³/mol. The molecule has 148 valence electrons. The van der Waals surface area contributed by atoms with Crippen LogP contribution < -0.4 is 11.3 Å². The number of aromatic nitrogens is 2. The van der Waals surface area contributed by atoms with Gasteiger partial charge in [-0.15, -0.1) is 0 Å². The van der Waals surface area contributed by atoms with E-state index in [9.17, 15) is 26.4 Å². The third-order valence-electron chi connectivity index (χ3n) is 4.11. The van der Waals surface area contributed by atoms with Gasteiger partial charge >= 0.3 is 0 Å². The van der Waals surface area contributed by atoms with Crippen molar-refractivity contribution in [3.8, 4) is 5.69 Å². The van der Waals surface area contributed by atoms with Crippen molar-refractivity contribution in [2.75, 3.05) is 12.8 Å². The van der Waals surface area contributed by atoms with E-state index in [1.54, 1.807) is 0 Å². The summed E-state index contributed by atoms with van der Waals surface area (Å²) < 4.78 is 65.2. The van der Waals surface area contributed by atoms with Gasteiger partial charge in [0.15, 0.2) is 9.84 Å². The van der Waals surface area contributed by atoms with E-state index in [1.807, 2.05) is 0 Å². The minimum absolute atomic E-state index is 0.0841.